The Morgan fingerprint density at radius 1 is 1.12 bits per heavy atom. The minimum atomic E-state index is 0.0321. The Morgan fingerprint density at radius 2 is 2.00 bits per heavy atom. The Kier molecular flexibility index (Phi) is 4.86. The van der Waals surface area contributed by atoms with E-state index in [1.54, 1.807) is 4.57 Å². The molecule has 1 unspecified atom stereocenters. The first-order valence-electron chi connectivity index (χ1n) is 9.07. The molecule has 26 heavy (non-hydrogen) atoms. The molecule has 0 aliphatic carbocycles. The van der Waals surface area contributed by atoms with E-state index in [9.17, 15) is 4.79 Å². The molecule has 0 spiro atoms. The summed E-state index contributed by atoms with van der Waals surface area (Å²) in [5.74, 6) is 6.38. The highest BCUT2D eigenvalue weighted by Gasteiger charge is 2.16. The Balaban J connectivity index is 1.59. The zero-order valence-electron chi connectivity index (χ0n) is 14.7. The molecule has 2 aromatic carbocycles. The Bertz CT molecular complexity index is 1020. The molecule has 1 aromatic heterocycles. The van der Waals surface area contributed by atoms with Gasteiger partial charge in [0.2, 0.25) is 0 Å². The summed E-state index contributed by atoms with van der Waals surface area (Å²) in [5.41, 5.74) is 2.10. The summed E-state index contributed by atoms with van der Waals surface area (Å²) in [6.45, 7) is 1.42. The maximum atomic E-state index is 12.8. The molecule has 1 aliphatic rings. The van der Waals surface area contributed by atoms with Gasteiger partial charge in [0.1, 0.15) is 0 Å². The first kappa shape index (κ1) is 16.6. The van der Waals surface area contributed by atoms with Crippen LogP contribution in [0.2, 0.25) is 0 Å². The largest absolute Gasteiger partial charge is 0.376 e. The molecule has 0 radical (unpaired) electrons. The van der Waals surface area contributed by atoms with Gasteiger partial charge in [-0.05, 0) is 42.0 Å². The van der Waals surface area contributed by atoms with Crippen molar-refractivity contribution in [1.82, 2.24) is 4.57 Å². The number of rotatable bonds is 3. The molecule has 1 atom stereocenters. The third kappa shape index (κ3) is 3.71. The van der Waals surface area contributed by atoms with Crippen molar-refractivity contribution in [3.8, 4) is 11.8 Å². The monoisotopic (exact) mass is 343 g/mol. The van der Waals surface area contributed by atoms with Crippen LogP contribution in [-0.2, 0) is 17.7 Å². The molecule has 1 fully saturated rings. The predicted molar refractivity (Wildman–Crippen MR) is 104 cm³/mol. The van der Waals surface area contributed by atoms with Crippen molar-refractivity contribution in [2.75, 3.05) is 6.61 Å². The van der Waals surface area contributed by atoms with Crippen molar-refractivity contribution in [1.29, 1.82) is 0 Å². The average Bonchev–Trinajstić information content (AvgIpc) is 3.18. The summed E-state index contributed by atoms with van der Waals surface area (Å²) in [6, 6.07) is 18.0. The molecule has 3 aromatic rings. The van der Waals surface area contributed by atoms with Gasteiger partial charge in [0, 0.05) is 30.2 Å². The molecule has 3 heteroatoms. The molecule has 4 rings (SSSR count). The Hall–Kier alpha value is -2.83. The van der Waals surface area contributed by atoms with Crippen molar-refractivity contribution in [2.45, 2.75) is 31.9 Å². The van der Waals surface area contributed by atoms with E-state index in [1.165, 1.54) is 5.56 Å². The lowest BCUT2D eigenvalue weighted by Crippen LogP contribution is -2.25. The van der Waals surface area contributed by atoms with Crippen LogP contribution in [0.1, 0.15) is 24.0 Å². The van der Waals surface area contributed by atoms with Crippen LogP contribution in [0, 0.1) is 11.8 Å². The van der Waals surface area contributed by atoms with E-state index < -0.39 is 0 Å². The summed E-state index contributed by atoms with van der Waals surface area (Å²) in [6.07, 6.45) is 4.83. The maximum Gasteiger partial charge on any atom is 0.258 e. The number of aromatic nitrogens is 1. The second kappa shape index (κ2) is 7.59. The van der Waals surface area contributed by atoms with Crippen LogP contribution in [0.3, 0.4) is 0 Å². The predicted octanol–water partition coefficient (Wildman–Crippen LogP) is 3.77. The van der Waals surface area contributed by atoms with E-state index in [4.69, 9.17) is 4.74 Å². The number of nitrogens with zero attached hydrogens (tertiary/aromatic N) is 1. The number of ether oxygens (including phenoxy) is 1. The fourth-order valence-electron chi connectivity index (χ4n) is 3.35. The van der Waals surface area contributed by atoms with Crippen LogP contribution in [0.5, 0.6) is 0 Å². The van der Waals surface area contributed by atoms with E-state index in [2.05, 4.69) is 24.0 Å². The van der Waals surface area contributed by atoms with Gasteiger partial charge in [-0.2, -0.15) is 0 Å². The molecule has 130 valence electrons. The van der Waals surface area contributed by atoms with Gasteiger partial charge in [0.05, 0.1) is 12.6 Å². The third-order valence-electron chi connectivity index (χ3n) is 4.77. The summed E-state index contributed by atoms with van der Waals surface area (Å²) in [5, 5.41) is 1.67. The van der Waals surface area contributed by atoms with Gasteiger partial charge in [-0.25, -0.2) is 0 Å². The third-order valence-corrected chi connectivity index (χ3v) is 4.77. The summed E-state index contributed by atoms with van der Waals surface area (Å²) in [7, 11) is 0. The van der Waals surface area contributed by atoms with E-state index >= 15 is 0 Å². The molecule has 1 saturated heterocycles. The van der Waals surface area contributed by atoms with Gasteiger partial charge in [0.15, 0.2) is 0 Å². The van der Waals surface area contributed by atoms with Crippen molar-refractivity contribution in [3.63, 3.8) is 0 Å². The highest BCUT2D eigenvalue weighted by atomic mass is 16.5. The highest BCUT2D eigenvalue weighted by molar-refractivity contribution is 5.82. The average molecular weight is 343 g/mol. The van der Waals surface area contributed by atoms with E-state index in [0.717, 1.165) is 35.8 Å². The van der Waals surface area contributed by atoms with E-state index in [1.807, 2.05) is 48.7 Å². The zero-order chi connectivity index (χ0) is 17.8. The lowest BCUT2D eigenvalue weighted by molar-refractivity contribution is 0.0963. The number of hydrogen-bond donors (Lipinski definition) is 0. The van der Waals surface area contributed by atoms with Crippen LogP contribution < -0.4 is 5.56 Å². The second-order valence-electron chi connectivity index (χ2n) is 6.67. The minimum absolute atomic E-state index is 0.0321. The van der Waals surface area contributed by atoms with E-state index in [-0.39, 0.29) is 11.7 Å². The van der Waals surface area contributed by atoms with Crippen LogP contribution in [0.25, 0.3) is 10.8 Å². The van der Waals surface area contributed by atoms with Gasteiger partial charge >= 0.3 is 0 Å². The number of benzene rings is 2. The molecule has 0 amide bonds. The quantitative estimate of drug-likeness (QED) is 0.678. The maximum absolute atomic E-state index is 12.8. The molecule has 2 heterocycles. The first-order valence-corrected chi connectivity index (χ1v) is 9.07. The van der Waals surface area contributed by atoms with Gasteiger partial charge in [-0.1, -0.05) is 48.2 Å². The van der Waals surface area contributed by atoms with Gasteiger partial charge in [0.25, 0.3) is 5.56 Å². The van der Waals surface area contributed by atoms with Crippen LogP contribution >= 0.6 is 0 Å². The second-order valence-corrected chi connectivity index (χ2v) is 6.67. The SMILES string of the molecule is O=c1c2cc(C#CCc3ccccc3)ccc2ccn1CC1CCCO1. The molecule has 1 aliphatic heterocycles. The lowest BCUT2D eigenvalue weighted by Gasteiger charge is -2.12. The topological polar surface area (TPSA) is 31.2 Å². The lowest BCUT2D eigenvalue weighted by atomic mass is 10.1. The molecule has 0 N–H and O–H groups in total. The standard InChI is InChI=1S/C23H21NO2/c25-23-22-16-19(9-4-8-18-6-2-1-3-7-18)11-12-20(22)13-14-24(23)17-21-10-5-15-26-21/h1-3,6-7,11-14,16,21H,5,8,10,15,17H2. The van der Waals surface area contributed by atoms with Crippen LogP contribution in [0.15, 0.2) is 65.6 Å². The van der Waals surface area contributed by atoms with Gasteiger partial charge in [-0.3, -0.25) is 4.79 Å². The van der Waals surface area contributed by atoms with Crippen molar-refractivity contribution in [2.24, 2.45) is 0 Å². The number of fused-ring (bicyclic) bond motifs is 1. The fraction of sp³-hybridized carbons (Fsp3) is 0.261. The molecular formula is C23H21NO2. The molecule has 0 bridgehead atoms. The van der Waals surface area contributed by atoms with E-state index in [0.29, 0.717) is 13.0 Å². The van der Waals surface area contributed by atoms with Crippen LogP contribution in [-0.4, -0.2) is 17.3 Å². The molecule has 0 saturated carbocycles. The smallest absolute Gasteiger partial charge is 0.258 e. The first-order chi connectivity index (χ1) is 12.8. The molecular weight excluding hydrogens is 322 g/mol. The Morgan fingerprint density at radius 3 is 2.81 bits per heavy atom. The number of pyridine rings is 1. The van der Waals surface area contributed by atoms with Crippen LogP contribution in [0.4, 0.5) is 0 Å². The normalized spacial score (nSPS) is 16.4. The summed E-state index contributed by atoms with van der Waals surface area (Å²) >= 11 is 0. The summed E-state index contributed by atoms with van der Waals surface area (Å²) < 4.78 is 7.42. The van der Waals surface area contributed by atoms with Crippen molar-refractivity contribution in [3.05, 3.63) is 82.3 Å². The number of hydrogen-bond acceptors (Lipinski definition) is 2. The van der Waals surface area contributed by atoms with Crippen molar-refractivity contribution >= 4 is 10.8 Å². The van der Waals surface area contributed by atoms with Gasteiger partial charge in [-0.15, -0.1) is 0 Å². The van der Waals surface area contributed by atoms with Gasteiger partial charge < -0.3 is 9.30 Å². The fourth-order valence-corrected chi connectivity index (χ4v) is 3.35. The molecule has 3 nitrogen and oxygen atoms in total. The minimum Gasteiger partial charge on any atom is -0.376 e. The highest BCUT2D eigenvalue weighted by Crippen LogP contribution is 2.15. The summed E-state index contributed by atoms with van der Waals surface area (Å²) in [4.78, 5) is 12.8. The van der Waals surface area contributed by atoms with Crippen molar-refractivity contribution < 1.29 is 4.74 Å². The Labute approximate surface area is 153 Å². The zero-order valence-corrected chi connectivity index (χ0v) is 14.7.